The summed E-state index contributed by atoms with van der Waals surface area (Å²) in [6.45, 7) is 0. The predicted octanol–water partition coefficient (Wildman–Crippen LogP) is -2.04. The maximum Gasteiger partial charge on any atom is 0.299 e. The highest BCUT2D eigenvalue weighted by molar-refractivity contribution is 6.51. The first-order chi connectivity index (χ1) is 8.20. The minimum atomic E-state index is -0.532. The molecule has 0 fully saturated rings. The highest BCUT2D eigenvalue weighted by Crippen LogP contribution is 2.29. The molecule has 0 aromatic carbocycles. The molecule has 1 aliphatic rings. The third-order valence-corrected chi connectivity index (χ3v) is 2.91. The predicted molar refractivity (Wildman–Crippen MR) is 59.5 cm³/mol. The first-order valence-electron chi connectivity index (χ1n) is 5.23. The van der Waals surface area contributed by atoms with Gasteiger partial charge in [-0.25, -0.2) is 0 Å². The smallest absolute Gasteiger partial charge is 0.299 e. The zero-order chi connectivity index (χ0) is 12.0. The second-order valence-corrected chi connectivity index (χ2v) is 3.94. The zero-order valence-corrected chi connectivity index (χ0v) is 11.7. The number of hydrogen-bond donors (Lipinski definition) is 0. The van der Waals surface area contributed by atoms with Crippen molar-refractivity contribution in [3.63, 3.8) is 0 Å². The number of hydrogen-bond acceptors (Lipinski definition) is 3. The van der Waals surface area contributed by atoms with Crippen LogP contribution in [0.3, 0.4) is 0 Å². The van der Waals surface area contributed by atoms with E-state index in [-0.39, 0.29) is 29.7 Å². The van der Waals surface area contributed by atoms with Crippen molar-refractivity contribution in [2.45, 2.75) is 0 Å². The molecule has 0 N–H and O–H groups in total. The minimum Gasteiger partial charge on any atom is -1.00 e. The van der Waals surface area contributed by atoms with Crippen molar-refractivity contribution < 1.29 is 38.1 Å². The summed E-state index contributed by atoms with van der Waals surface area (Å²) < 4.78 is 1.67. The lowest BCUT2D eigenvalue weighted by Gasteiger charge is -2.13. The van der Waals surface area contributed by atoms with Gasteiger partial charge in [0.05, 0.1) is 5.56 Å². The van der Waals surface area contributed by atoms with Crippen LogP contribution in [0.2, 0.25) is 0 Å². The van der Waals surface area contributed by atoms with Gasteiger partial charge in [-0.15, -0.1) is 0 Å². The normalized spacial score (nSPS) is 12.5. The fraction of sp³-hybridized carbons (Fsp3) is 0.0769. The molecule has 0 atom stereocenters. The summed E-state index contributed by atoms with van der Waals surface area (Å²) in [5, 5.41) is 0. The standard InChI is InChI=1S/C13H9N2O2.HI/c1-15-7-3-5-9-8-4-2-6-14-10(8)12(16)13(17)11(9)15;/h2-7H,1H3;1H/q+1;/p-1. The summed E-state index contributed by atoms with van der Waals surface area (Å²) in [5.41, 5.74) is 2.17. The molecule has 0 bridgehead atoms. The average Bonchev–Trinajstić information content (AvgIpc) is 2.36. The average molecular weight is 352 g/mol. The first kappa shape index (κ1) is 12.8. The van der Waals surface area contributed by atoms with Crippen LogP contribution in [-0.2, 0) is 7.05 Å². The Morgan fingerprint density at radius 2 is 1.78 bits per heavy atom. The molecular formula is C13H9IN2O2. The van der Waals surface area contributed by atoms with Gasteiger partial charge in [-0.05, 0) is 12.1 Å². The van der Waals surface area contributed by atoms with Gasteiger partial charge in [0.25, 0.3) is 17.3 Å². The van der Waals surface area contributed by atoms with Crippen molar-refractivity contribution >= 4 is 11.6 Å². The number of rotatable bonds is 0. The molecule has 0 unspecified atom stereocenters. The van der Waals surface area contributed by atoms with Crippen molar-refractivity contribution in [2.75, 3.05) is 0 Å². The monoisotopic (exact) mass is 352 g/mol. The number of nitrogens with zero attached hydrogens (tertiary/aromatic N) is 2. The number of pyridine rings is 2. The van der Waals surface area contributed by atoms with Gasteiger partial charge in [-0.3, -0.25) is 14.6 Å². The van der Waals surface area contributed by atoms with Gasteiger partial charge in [0.2, 0.25) is 0 Å². The van der Waals surface area contributed by atoms with Crippen LogP contribution < -0.4 is 28.5 Å². The van der Waals surface area contributed by atoms with E-state index in [0.717, 1.165) is 11.1 Å². The van der Waals surface area contributed by atoms with E-state index in [9.17, 15) is 9.59 Å². The summed E-state index contributed by atoms with van der Waals surface area (Å²) in [5.74, 6) is -1.02. The molecule has 3 rings (SSSR count). The molecule has 0 saturated heterocycles. The maximum atomic E-state index is 12.0. The van der Waals surface area contributed by atoms with Crippen molar-refractivity contribution in [3.8, 4) is 11.1 Å². The molecule has 0 saturated carbocycles. The fourth-order valence-electron chi connectivity index (χ4n) is 2.13. The van der Waals surface area contributed by atoms with Gasteiger partial charge in [0.15, 0.2) is 6.20 Å². The Balaban J connectivity index is 0.00000120. The number of fused-ring (bicyclic) bond motifs is 3. The molecule has 5 heteroatoms. The van der Waals surface area contributed by atoms with Gasteiger partial charge in [0, 0.05) is 17.8 Å². The number of carbonyl (C=O) groups excluding carboxylic acids is 2. The number of ketones is 2. The summed E-state index contributed by atoms with van der Waals surface area (Å²) in [6.07, 6.45) is 3.28. The Morgan fingerprint density at radius 1 is 1.06 bits per heavy atom. The molecule has 0 radical (unpaired) electrons. The van der Waals surface area contributed by atoms with E-state index in [2.05, 4.69) is 4.98 Å². The van der Waals surface area contributed by atoms with Crippen LogP contribution in [0.5, 0.6) is 0 Å². The summed E-state index contributed by atoms with van der Waals surface area (Å²) >= 11 is 0. The molecule has 2 heterocycles. The molecule has 0 aliphatic heterocycles. The second kappa shape index (κ2) is 4.56. The van der Waals surface area contributed by atoms with E-state index in [1.54, 1.807) is 23.9 Å². The van der Waals surface area contributed by atoms with E-state index in [0.29, 0.717) is 5.69 Å². The Bertz CT molecular complexity index is 668. The largest absolute Gasteiger partial charge is 1.00 e. The quantitative estimate of drug-likeness (QED) is 0.312. The molecule has 18 heavy (non-hydrogen) atoms. The Morgan fingerprint density at radius 3 is 2.56 bits per heavy atom. The van der Waals surface area contributed by atoms with Crippen LogP contribution in [0.1, 0.15) is 21.0 Å². The third-order valence-electron chi connectivity index (χ3n) is 2.91. The number of Topliss-reactive ketones (excluding diaryl/α,β-unsaturated/α-hetero) is 2. The van der Waals surface area contributed by atoms with Gasteiger partial charge >= 0.3 is 0 Å². The molecule has 1 aliphatic carbocycles. The van der Waals surface area contributed by atoms with Gasteiger partial charge < -0.3 is 24.0 Å². The zero-order valence-electron chi connectivity index (χ0n) is 9.55. The topological polar surface area (TPSA) is 50.9 Å². The molecule has 0 amide bonds. The molecule has 0 spiro atoms. The van der Waals surface area contributed by atoms with Gasteiger partial charge in [-0.1, -0.05) is 6.07 Å². The molecule has 2 aromatic heterocycles. The third kappa shape index (κ3) is 1.66. The van der Waals surface area contributed by atoms with Gasteiger partial charge in [-0.2, -0.15) is 4.57 Å². The highest BCUT2D eigenvalue weighted by atomic mass is 127. The SMILES string of the molecule is C[n+]1cccc2c1C(=O)C(=O)c1ncccc1-2.[I-]. The summed E-state index contributed by atoms with van der Waals surface area (Å²) in [6, 6.07) is 7.25. The number of aryl methyl sites for hydroxylation is 1. The van der Waals surface area contributed by atoms with E-state index in [1.165, 1.54) is 6.20 Å². The Hall–Kier alpha value is -1.63. The summed E-state index contributed by atoms with van der Waals surface area (Å²) in [4.78, 5) is 27.9. The Labute approximate surface area is 121 Å². The Kier molecular flexibility index (Phi) is 3.25. The molecule has 4 nitrogen and oxygen atoms in total. The minimum absolute atomic E-state index is 0. The van der Waals surface area contributed by atoms with Crippen LogP contribution in [0.25, 0.3) is 11.1 Å². The molecule has 2 aromatic rings. The summed E-state index contributed by atoms with van der Waals surface area (Å²) in [7, 11) is 1.76. The fourth-order valence-corrected chi connectivity index (χ4v) is 2.13. The number of aromatic nitrogens is 2. The highest BCUT2D eigenvalue weighted by Gasteiger charge is 2.37. The van der Waals surface area contributed by atoms with E-state index < -0.39 is 11.6 Å². The van der Waals surface area contributed by atoms with Crippen LogP contribution >= 0.6 is 0 Å². The molecular weight excluding hydrogens is 343 g/mol. The lowest BCUT2D eigenvalue weighted by molar-refractivity contribution is -0.672. The van der Waals surface area contributed by atoms with Crippen LogP contribution in [-0.4, -0.2) is 16.6 Å². The van der Waals surface area contributed by atoms with Crippen molar-refractivity contribution in [1.29, 1.82) is 0 Å². The second-order valence-electron chi connectivity index (χ2n) is 3.94. The van der Waals surface area contributed by atoms with E-state index in [4.69, 9.17) is 0 Å². The number of carbonyl (C=O) groups is 2. The van der Waals surface area contributed by atoms with Gasteiger partial charge in [0.1, 0.15) is 12.7 Å². The van der Waals surface area contributed by atoms with Crippen LogP contribution in [0, 0.1) is 0 Å². The van der Waals surface area contributed by atoms with Crippen molar-refractivity contribution in [1.82, 2.24) is 4.98 Å². The first-order valence-corrected chi connectivity index (χ1v) is 5.23. The lowest BCUT2D eigenvalue weighted by Crippen LogP contribution is -3.00. The maximum absolute atomic E-state index is 12.0. The van der Waals surface area contributed by atoms with E-state index in [1.807, 2.05) is 18.2 Å². The lowest BCUT2D eigenvalue weighted by atomic mass is 9.90. The molecule has 90 valence electrons. The van der Waals surface area contributed by atoms with Crippen LogP contribution in [0.15, 0.2) is 36.7 Å². The van der Waals surface area contributed by atoms with Crippen LogP contribution in [0.4, 0.5) is 0 Å². The van der Waals surface area contributed by atoms with E-state index >= 15 is 0 Å². The van der Waals surface area contributed by atoms with Crippen molar-refractivity contribution in [2.24, 2.45) is 7.05 Å². The number of halogens is 1. The van der Waals surface area contributed by atoms with Crippen molar-refractivity contribution in [3.05, 3.63) is 48.0 Å².